The fourth-order valence-electron chi connectivity index (χ4n) is 3.63. The first-order chi connectivity index (χ1) is 13.3. The summed E-state index contributed by atoms with van der Waals surface area (Å²) in [5.74, 6) is -0.127. The fourth-order valence-corrected chi connectivity index (χ4v) is 3.63. The molecule has 0 unspecified atom stereocenters. The van der Waals surface area contributed by atoms with E-state index in [-0.39, 0.29) is 12.5 Å². The Balaban J connectivity index is 1.96. The SMILES string of the molecule is Cc1cc(C)c2ncc(C#N)c(N(C)CC(=O)Nc3c(C)cccc3C)c2c1. The van der Waals surface area contributed by atoms with E-state index in [9.17, 15) is 10.1 Å². The van der Waals surface area contributed by atoms with Crippen LogP contribution in [0.5, 0.6) is 0 Å². The van der Waals surface area contributed by atoms with Crippen molar-refractivity contribution in [2.75, 3.05) is 23.8 Å². The molecule has 28 heavy (non-hydrogen) atoms. The van der Waals surface area contributed by atoms with E-state index in [1.807, 2.05) is 63.9 Å². The lowest BCUT2D eigenvalue weighted by Gasteiger charge is -2.23. The third-order valence-electron chi connectivity index (χ3n) is 4.91. The zero-order chi connectivity index (χ0) is 20.4. The van der Waals surface area contributed by atoms with Gasteiger partial charge < -0.3 is 10.2 Å². The highest BCUT2D eigenvalue weighted by molar-refractivity contribution is 6.00. The number of amides is 1. The lowest BCUT2D eigenvalue weighted by Crippen LogP contribution is -2.31. The van der Waals surface area contributed by atoms with E-state index in [2.05, 4.69) is 22.4 Å². The van der Waals surface area contributed by atoms with Crippen LogP contribution in [0.25, 0.3) is 10.9 Å². The van der Waals surface area contributed by atoms with Gasteiger partial charge in [0.05, 0.1) is 23.3 Å². The van der Waals surface area contributed by atoms with Gasteiger partial charge in [-0.05, 0) is 50.5 Å². The molecule has 3 aromatic rings. The van der Waals surface area contributed by atoms with Crippen molar-refractivity contribution in [2.45, 2.75) is 27.7 Å². The summed E-state index contributed by atoms with van der Waals surface area (Å²) in [4.78, 5) is 19.0. The van der Waals surface area contributed by atoms with Crippen molar-refractivity contribution in [3.05, 3.63) is 64.3 Å². The monoisotopic (exact) mass is 372 g/mol. The summed E-state index contributed by atoms with van der Waals surface area (Å²) in [6.07, 6.45) is 1.58. The van der Waals surface area contributed by atoms with E-state index < -0.39 is 0 Å². The van der Waals surface area contributed by atoms with Gasteiger partial charge in [0, 0.05) is 24.3 Å². The number of hydrogen-bond donors (Lipinski definition) is 1. The number of aryl methyl sites for hydroxylation is 4. The van der Waals surface area contributed by atoms with Gasteiger partial charge in [0.15, 0.2) is 0 Å². The Morgan fingerprint density at radius 1 is 1.14 bits per heavy atom. The van der Waals surface area contributed by atoms with Gasteiger partial charge in [-0.3, -0.25) is 9.78 Å². The minimum absolute atomic E-state index is 0.127. The van der Waals surface area contributed by atoms with Gasteiger partial charge in [0.1, 0.15) is 6.07 Å². The third-order valence-corrected chi connectivity index (χ3v) is 4.91. The first kappa shape index (κ1) is 19.4. The predicted octanol–water partition coefficient (Wildman–Crippen LogP) is 4.42. The Kier molecular flexibility index (Phi) is 5.32. The molecular formula is C23H24N4O. The number of aromatic nitrogens is 1. The van der Waals surface area contributed by atoms with Crippen molar-refractivity contribution in [2.24, 2.45) is 0 Å². The van der Waals surface area contributed by atoms with Crippen LogP contribution in [0.2, 0.25) is 0 Å². The molecule has 142 valence electrons. The molecule has 1 amide bonds. The molecule has 0 spiro atoms. The van der Waals surface area contributed by atoms with Gasteiger partial charge in [0.25, 0.3) is 0 Å². The van der Waals surface area contributed by atoms with Gasteiger partial charge in [-0.2, -0.15) is 5.26 Å². The van der Waals surface area contributed by atoms with Crippen LogP contribution in [0, 0.1) is 39.0 Å². The molecule has 1 N–H and O–H groups in total. The number of benzene rings is 2. The molecule has 0 fully saturated rings. The number of nitriles is 1. The topological polar surface area (TPSA) is 69.0 Å². The zero-order valence-corrected chi connectivity index (χ0v) is 16.9. The van der Waals surface area contributed by atoms with Crippen LogP contribution in [0.4, 0.5) is 11.4 Å². The second-order valence-electron chi connectivity index (χ2n) is 7.28. The highest BCUT2D eigenvalue weighted by Gasteiger charge is 2.17. The molecule has 0 bridgehead atoms. The van der Waals surface area contributed by atoms with Gasteiger partial charge in [-0.25, -0.2) is 0 Å². The maximum absolute atomic E-state index is 12.7. The standard InChI is InChI=1S/C23H24N4O/c1-14-9-17(4)22-19(10-14)23(18(11-24)12-25-22)27(5)13-20(28)26-21-15(2)7-6-8-16(21)3/h6-10,12H,13H2,1-5H3,(H,26,28). The molecule has 2 aromatic carbocycles. The average Bonchev–Trinajstić information content (AvgIpc) is 2.63. The van der Waals surface area contributed by atoms with E-state index in [0.29, 0.717) is 5.56 Å². The molecule has 0 saturated heterocycles. The number of pyridine rings is 1. The second kappa shape index (κ2) is 7.69. The van der Waals surface area contributed by atoms with Crippen molar-refractivity contribution in [1.82, 2.24) is 4.98 Å². The number of rotatable bonds is 4. The Morgan fingerprint density at radius 3 is 2.46 bits per heavy atom. The van der Waals surface area contributed by atoms with Crippen LogP contribution in [0.1, 0.15) is 27.8 Å². The van der Waals surface area contributed by atoms with Gasteiger partial charge in [-0.15, -0.1) is 0 Å². The third kappa shape index (κ3) is 3.67. The lowest BCUT2D eigenvalue weighted by atomic mass is 10.0. The summed E-state index contributed by atoms with van der Waals surface area (Å²) in [5.41, 5.74) is 7.07. The summed E-state index contributed by atoms with van der Waals surface area (Å²) >= 11 is 0. The lowest BCUT2D eigenvalue weighted by molar-refractivity contribution is -0.114. The Bertz CT molecular complexity index is 1090. The normalized spacial score (nSPS) is 10.6. The van der Waals surface area contributed by atoms with Gasteiger partial charge in [0.2, 0.25) is 5.91 Å². The van der Waals surface area contributed by atoms with E-state index in [0.717, 1.165) is 44.5 Å². The number of likely N-dealkylation sites (N-methyl/N-ethyl adjacent to an activating group) is 1. The van der Waals surface area contributed by atoms with E-state index in [1.165, 1.54) is 0 Å². The minimum Gasteiger partial charge on any atom is -0.364 e. The molecule has 3 rings (SSSR count). The molecule has 1 heterocycles. The molecule has 0 aliphatic rings. The van der Waals surface area contributed by atoms with Crippen molar-refractivity contribution < 1.29 is 4.79 Å². The Morgan fingerprint density at radius 2 is 1.82 bits per heavy atom. The molecule has 0 atom stereocenters. The van der Waals surface area contributed by atoms with Gasteiger partial charge >= 0.3 is 0 Å². The summed E-state index contributed by atoms with van der Waals surface area (Å²) in [7, 11) is 1.83. The van der Waals surface area contributed by atoms with E-state index >= 15 is 0 Å². The molecule has 0 radical (unpaired) electrons. The second-order valence-corrected chi connectivity index (χ2v) is 7.28. The number of hydrogen-bond acceptors (Lipinski definition) is 4. The summed E-state index contributed by atoms with van der Waals surface area (Å²) < 4.78 is 0. The Labute approximate surface area is 165 Å². The van der Waals surface area contributed by atoms with Crippen LogP contribution in [-0.4, -0.2) is 24.5 Å². The summed E-state index contributed by atoms with van der Waals surface area (Å²) in [6.45, 7) is 8.10. The van der Waals surface area contributed by atoms with Crippen molar-refractivity contribution >= 4 is 28.2 Å². The maximum atomic E-state index is 12.7. The molecule has 1 aromatic heterocycles. The maximum Gasteiger partial charge on any atom is 0.243 e. The molecule has 0 saturated carbocycles. The molecule has 5 nitrogen and oxygen atoms in total. The highest BCUT2D eigenvalue weighted by atomic mass is 16.2. The van der Waals surface area contributed by atoms with Crippen LogP contribution in [0.3, 0.4) is 0 Å². The molecule has 5 heteroatoms. The quantitative estimate of drug-likeness (QED) is 0.736. The number of anilines is 2. The van der Waals surface area contributed by atoms with E-state index in [4.69, 9.17) is 0 Å². The number of fused-ring (bicyclic) bond motifs is 1. The number of carbonyl (C=O) groups is 1. The predicted molar refractivity (Wildman–Crippen MR) is 114 cm³/mol. The van der Waals surface area contributed by atoms with Crippen molar-refractivity contribution in [3.63, 3.8) is 0 Å². The number of para-hydroxylation sites is 1. The minimum atomic E-state index is -0.127. The van der Waals surface area contributed by atoms with Crippen LogP contribution >= 0.6 is 0 Å². The van der Waals surface area contributed by atoms with Crippen molar-refractivity contribution in [1.29, 1.82) is 5.26 Å². The van der Waals surface area contributed by atoms with Gasteiger partial charge in [-0.1, -0.05) is 29.8 Å². The zero-order valence-electron chi connectivity index (χ0n) is 16.9. The Hall–Kier alpha value is -3.39. The summed E-state index contributed by atoms with van der Waals surface area (Å²) in [6, 6.07) is 12.2. The van der Waals surface area contributed by atoms with E-state index in [1.54, 1.807) is 6.20 Å². The molecule has 0 aliphatic heterocycles. The fraction of sp³-hybridized carbons (Fsp3) is 0.261. The highest BCUT2D eigenvalue weighted by Crippen LogP contribution is 2.31. The van der Waals surface area contributed by atoms with Crippen LogP contribution in [0.15, 0.2) is 36.5 Å². The molecular weight excluding hydrogens is 348 g/mol. The summed E-state index contributed by atoms with van der Waals surface area (Å²) in [5, 5.41) is 13.5. The molecule has 0 aliphatic carbocycles. The largest absolute Gasteiger partial charge is 0.364 e. The van der Waals surface area contributed by atoms with Crippen LogP contribution in [-0.2, 0) is 4.79 Å². The number of carbonyl (C=O) groups excluding carboxylic acids is 1. The number of nitrogens with zero attached hydrogens (tertiary/aromatic N) is 3. The first-order valence-electron chi connectivity index (χ1n) is 9.19. The average molecular weight is 372 g/mol. The first-order valence-corrected chi connectivity index (χ1v) is 9.19. The smallest absolute Gasteiger partial charge is 0.243 e. The van der Waals surface area contributed by atoms with Crippen molar-refractivity contribution in [3.8, 4) is 6.07 Å². The van der Waals surface area contributed by atoms with Crippen LogP contribution < -0.4 is 10.2 Å². The number of nitrogens with one attached hydrogen (secondary N) is 1.